The summed E-state index contributed by atoms with van der Waals surface area (Å²) >= 11 is 0. The van der Waals surface area contributed by atoms with Crippen molar-refractivity contribution >= 4 is 30.7 Å². The summed E-state index contributed by atoms with van der Waals surface area (Å²) in [5.41, 5.74) is -0.0318. The van der Waals surface area contributed by atoms with E-state index in [-0.39, 0.29) is 42.3 Å². The number of rotatable bonds is 5. The smallest absolute Gasteiger partial charge is 0.221 e. The number of carbonyl (C=O) groups excluding carboxylic acids is 1. The Hall–Kier alpha value is -0.110. The van der Waals surface area contributed by atoms with Crippen LogP contribution < -0.4 is 10.6 Å². The van der Waals surface area contributed by atoms with Crippen molar-refractivity contribution < 1.29 is 14.3 Å². The Balaban J connectivity index is 0.00000220. The van der Waals surface area contributed by atoms with E-state index in [1.807, 2.05) is 0 Å². The Morgan fingerprint density at radius 3 is 2.50 bits per heavy atom. The van der Waals surface area contributed by atoms with Crippen LogP contribution in [0.3, 0.4) is 0 Å². The third-order valence-electron chi connectivity index (χ3n) is 4.02. The molecule has 8 heteroatoms. The molecule has 0 bridgehead atoms. The first-order valence-corrected chi connectivity index (χ1v) is 7.48. The number of amides is 1. The van der Waals surface area contributed by atoms with Gasteiger partial charge in [-0.25, -0.2) is 0 Å². The van der Waals surface area contributed by atoms with Crippen LogP contribution in [0.2, 0.25) is 0 Å². The summed E-state index contributed by atoms with van der Waals surface area (Å²) in [6, 6.07) is 0.148. The quantitative estimate of drug-likeness (QED) is 0.747. The summed E-state index contributed by atoms with van der Waals surface area (Å²) in [7, 11) is 0. The standard InChI is InChI=1S/C14H27N3O3.2ClH/c1-14(2,17-4-7-19-8-5-17)11-16-13(18)9-12-10-20-6-3-15-12;;/h12,15H,3-11H2,1-2H3,(H,16,18);2*1H. The van der Waals surface area contributed by atoms with E-state index in [9.17, 15) is 4.79 Å². The predicted octanol–water partition coefficient (Wildman–Crippen LogP) is 0.436. The van der Waals surface area contributed by atoms with Crippen LogP contribution in [0, 0.1) is 0 Å². The SMILES string of the molecule is CC(C)(CNC(=O)CC1COCCN1)N1CCOCC1.Cl.Cl. The molecule has 2 aliphatic rings. The number of hydrogen-bond acceptors (Lipinski definition) is 5. The molecule has 132 valence electrons. The van der Waals surface area contributed by atoms with Gasteiger partial charge in [0.2, 0.25) is 5.91 Å². The van der Waals surface area contributed by atoms with E-state index in [1.54, 1.807) is 0 Å². The predicted molar refractivity (Wildman–Crippen MR) is 91.2 cm³/mol. The molecule has 0 radical (unpaired) electrons. The third-order valence-corrected chi connectivity index (χ3v) is 4.02. The molecule has 2 rings (SSSR count). The van der Waals surface area contributed by atoms with Crippen molar-refractivity contribution in [2.45, 2.75) is 31.8 Å². The highest BCUT2D eigenvalue weighted by molar-refractivity contribution is 5.85. The first kappa shape index (κ1) is 21.9. The first-order chi connectivity index (χ1) is 9.58. The molecule has 2 fully saturated rings. The van der Waals surface area contributed by atoms with Gasteiger partial charge in [0.15, 0.2) is 0 Å². The maximum atomic E-state index is 12.0. The van der Waals surface area contributed by atoms with Crippen LogP contribution in [0.5, 0.6) is 0 Å². The van der Waals surface area contributed by atoms with Gasteiger partial charge in [0, 0.05) is 44.2 Å². The van der Waals surface area contributed by atoms with E-state index in [0.717, 1.165) is 39.5 Å². The lowest BCUT2D eigenvalue weighted by atomic mass is 10.0. The molecule has 2 aliphatic heterocycles. The summed E-state index contributed by atoms with van der Waals surface area (Å²) in [4.78, 5) is 14.4. The van der Waals surface area contributed by atoms with E-state index < -0.39 is 0 Å². The van der Waals surface area contributed by atoms with Gasteiger partial charge in [-0.3, -0.25) is 9.69 Å². The van der Waals surface area contributed by atoms with Gasteiger partial charge in [0.1, 0.15) is 0 Å². The van der Waals surface area contributed by atoms with Crippen LogP contribution in [0.4, 0.5) is 0 Å². The number of nitrogens with one attached hydrogen (secondary N) is 2. The fraction of sp³-hybridized carbons (Fsp3) is 0.929. The van der Waals surface area contributed by atoms with E-state index in [0.29, 0.717) is 19.6 Å². The molecule has 2 N–H and O–H groups in total. The highest BCUT2D eigenvalue weighted by Crippen LogP contribution is 2.15. The molecule has 0 aromatic carbocycles. The number of morpholine rings is 2. The molecule has 1 unspecified atom stereocenters. The van der Waals surface area contributed by atoms with Gasteiger partial charge in [0.05, 0.1) is 26.4 Å². The molecular weight excluding hydrogens is 329 g/mol. The number of nitrogens with zero attached hydrogens (tertiary/aromatic N) is 1. The highest BCUT2D eigenvalue weighted by atomic mass is 35.5. The van der Waals surface area contributed by atoms with Crippen molar-refractivity contribution in [1.82, 2.24) is 15.5 Å². The van der Waals surface area contributed by atoms with Gasteiger partial charge < -0.3 is 20.1 Å². The van der Waals surface area contributed by atoms with Crippen LogP contribution in [0.1, 0.15) is 20.3 Å². The number of hydrogen-bond donors (Lipinski definition) is 2. The Kier molecular flexibility index (Phi) is 10.6. The zero-order valence-electron chi connectivity index (χ0n) is 13.4. The van der Waals surface area contributed by atoms with Crippen LogP contribution in [-0.4, -0.2) is 75.0 Å². The minimum absolute atomic E-state index is 0. The maximum Gasteiger partial charge on any atom is 0.221 e. The first-order valence-electron chi connectivity index (χ1n) is 7.48. The Morgan fingerprint density at radius 2 is 1.91 bits per heavy atom. The van der Waals surface area contributed by atoms with Crippen LogP contribution in [0.15, 0.2) is 0 Å². The zero-order valence-corrected chi connectivity index (χ0v) is 15.1. The Bertz CT molecular complexity index is 320. The lowest BCUT2D eigenvalue weighted by Crippen LogP contribution is -2.55. The molecule has 6 nitrogen and oxygen atoms in total. The van der Waals surface area contributed by atoms with Gasteiger partial charge in [-0.05, 0) is 13.8 Å². The van der Waals surface area contributed by atoms with Crippen molar-refractivity contribution in [3.05, 3.63) is 0 Å². The molecule has 0 saturated carbocycles. The molecule has 2 heterocycles. The summed E-state index contributed by atoms with van der Waals surface area (Å²) < 4.78 is 10.7. The fourth-order valence-electron chi connectivity index (χ4n) is 2.64. The lowest BCUT2D eigenvalue weighted by molar-refractivity contribution is -0.123. The summed E-state index contributed by atoms with van der Waals surface area (Å²) in [6.45, 7) is 10.6. The molecule has 2 saturated heterocycles. The van der Waals surface area contributed by atoms with Gasteiger partial charge in [-0.15, -0.1) is 24.8 Å². The van der Waals surface area contributed by atoms with Gasteiger partial charge in [0.25, 0.3) is 0 Å². The van der Waals surface area contributed by atoms with Crippen molar-refractivity contribution in [3.8, 4) is 0 Å². The largest absolute Gasteiger partial charge is 0.379 e. The van der Waals surface area contributed by atoms with E-state index in [1.165, 1.54) is 0 Å². The normalized spacial score (nSPS) is 23.1. The minimum atomic E-state index is -0.0318. The molecule has 22 heavy (non-hydrogen) atoms. The molecule has 0 aromatic rings. The second kappa shape index (κ2) is 10.6. The molecule has 0 aliphatic carbocycles. The second-order valence-electron chi connectivity index (χ2n) is 6.12. The van der Waals surface area contributed by atoms with E-state index in [4.69, 9.17) is 9.47 Å². The topological polar surface area (TPSA) is 62.8 Å². The monoisotopic (exact) mass is 357 g/mol. The highest BCUT2D eigenvalue weighted by Gasteiger charge is 2.28. The molecule has 1 atom stereocenters. The van der Waals surface area contributed by atoms with E-state index >= 15 is 0 Å². The fourth-order valence-corrected chi connectivity index (χ4v) is 2.64. The van der Waals surface area contributed by atoms with Crippen molar-refractivity contribution in [1.29, 1.82) is 0 Å². The Labute approximate surface area is 145 Å². The summed E-state index contributed by atoms with van der Waals surface area (Å²) in [5.74, 6) is 0.0920. The Morgan fingerprint density at radius 1 is 1.23 bits per heavy atom. The van der Waals surface area contributed by atoms with Gasteiger partial charge in [-0.2, -0.15) is 0 Å². The molecule has 0 aromatic heterocycles. The average molecular weight is 358 g/mol. The second-order valence-corrected chi connectivity index (χ2v) is 6.12. The maximum absolute atomic E-state index is 12.0. The van der Waals surface area contributed by atoms with Crippen LogP contribution in [-0.2, 0) is 14.3 Å². The third kappa shape index (κ3) is 6.98. The summed E-state index contributed by atoms with van der Waals surface area (Å²) in [5, 5.41) is 6.35. The van der Waals surface area contributed by atoms with Crippen LogP contribution >= 0.6 is 24.8 Å². The lowest BCUT2D eigenvalue weighted by Gasteiger charge is -2.41. The van der Waals surface area contributed by atoms with E-state index in [2.05, 4.69) is 29.4 Å². The van der Waals surface area contributed by atoms with Crippen LogP contribution in [0.25, 0.3) is 0 Å². The zero-order chi connectivity index (χ0) is 14.4. The van der Waals surface area contributed by atoms with Crippen molar-refractivity contribution in [2.75, 3.05) is 52.6 Å². The average Bonchev–Trinajstić information content (AvgIpc) is 2.47. The molecule has 1 amide bonds. The van der Waals surface area contributed by atoms with Crippen molar-refractivity contribution in [2.24, 2.45) is 0 Å². The van der Waals surface area contributed by atoms with Gasteiger partial charge >= 0.3 is 0 Å². The number of carbonyl (C=O) groups is 1. The molecular formula is C14H29Cl2N3O3. The van der Waals surface area contributed by atoms with Crippen molar-refractivity contribution in [3.63, 3.8) is 0 Å². The summed E-state index contributed by atoms with van der Waals surface area (Å²) in [6.07, 6.45) is 0.485. The molecule has 0 spiro atoms. The van der Waals surface area contributed by atoms with Gasteiger partial charge in [-0.1, -0.05) is 0 Å². The minimum Gasteiger partial charge on any atom is -0.379 e. The number of halogens is 2. The number of ether oxygens (including phenoxy) is 2.